The zero-order valence-corrected chi connectivity index (χ0v) is 8.38. The Bertz CT molecular complexity index is 290. The van der Waals surface area contributed by atoms with Crippen LogP contribution in [0.15, 0.2) is 0 Å². The van der Waals surface area contributed by atoms with Crippen molar-refractivity contribution in [1.82, 2.24) is 20.1 Å². The Balaban J connectivity index is 2.18. The Hall–Kier alpha value is -0.610. The van der Waals surface area contributed by atoms with Crippen molar-refractivity contribution in [2.24, 2.45) is 7.05 Å². The number of piperidine rings is 1. The first-order valence-corrected chi connectivity index (χ1v) is 4.92. The van der Waals surface area contributed by atoms with Crippen LogP contribution in [0, 0.1) is 0 Å². The fourth-order valence-electron chi connectivity index (χ4n) is 1.79. The van der Waals surface area contributed by atoms with Gasteiger partial charge in [-0.25, -0.2) is 4.98 Å². The highest BCUT2D eigenvalue weighted by atomic mass is 35.5. The summed E-state index contributed by atoms with van der Waals surface area (Å²) in [7, 11) is 1.89. The Morgan fingerprint density at radius 3 is 3.00 bits per heavy atom. The van der Waals surface area contributed by atoms with Crippen LogP contribution in [0.25, 0.3) is 0 Å². The van der Waals surface area contributed by atoms with Crippen molar-refractivity contribution in [2.75, 3.05) is 13.1 Å². The molecule has 1 aromatic rings. The number of aryl methyl sites for hydroxylation is 1. The maximum absolute atomic E-state index is 5.72. The van der Waals surface area contributed by atoms with Crippen LogP contribution in [0.1, 0.15) is 24.6 Å². The van der Waals surface area contributed by atoms with Crippen molar-refractivity contribution in [3.05, 3.63) is 11.1 Å². The fraction of sp³-hybridized carbons (Fsp3) is 0.750. The molecule has 1 saturated heterocycles. The van der Waals surface area contributed by atoms with Crippen molar-refractivity contribution >= 4 is 11.6 Å². The predicted octanol–water partition coefficient (Wildman–Crippen LogP) is 0.935. The van der Waals surface area contributed by atoms with Crippen LogP contribution < -0.4 is 5.32 Å². The maximum atomic E-state index is 5.72. The van der Waals surface area contributed by atoms with Crippen molar-refractivity contribution in [2.45, 2.75) is 18.8 Å². The third-order valence-electron chi connectivity index (χ3n) is 2.43. The lowest BCUT2D eigenvalue weighted by Gasteiger charge is -2.21. The molecule has 0 saturated carbocycles. The molecule has 2 rings (SSSR count). The summed E-state index contributed by atoms with van der Waals surface area (Å²) in [5.41, 5.74) is 0. The predicted molar refractivity (Wildman–Crippen MR) is 50.9 cm³/mol. The smallest absolute Gasteiger partial charge is 0.242 e. The molecule has 1 fully saturated rings. The van der Waals surface area contributed by atoms with Gasteiger partial charge in [0, 0.05) is 19.5 Å². The summed E-state index contributed by atoms with van der Waals surface area (Å²) in [6.07, 6.45) is 2.38. The first-order chi connectivity index (χ1) is 6.27. The molecule has 5 heteroatoms. The number of nitrogens with one attached hydrogen (secondary N) is 1. The normalized spacial score (nSPS) is 23.4. The number of halogens is 1. The maximum Gasteiger partial charge on any atom is 0.242 e. The number of nitrogens with zero attached hydrogens (tertiary/aromatic N) is 3. The van der Waals surface area contributed by atoms with E-state index in [0.717, 1.165) is 18.9 Å². The van der Waals surface area contributed by atoms with E-state index >= 15 is 0 Å². The summed E-state index contributed by atoms with van der Waals surface area (Å²) >= 11 is 5.72. The second-order valence-electron chi connectivity index (χ2n) is 3.41. The summed E-state index contributed by atoms with van der Waals surface area (Å²) in [6.45, 7) is 2.10. The van der Waals surface area contributed by atoms with Gasteiger partial charge in [0.1, 0.15) is 5.82 Å². The molecule has 1 aliphatic rings. The topological polar surface area (TPSA) is 42.7 Å². The second kappa shape index (κ2) is 3.64. The van der Waals surface area contributed by atoms with E-state index in [1.165, 1.54) is 12.8 Å². The largest absolute Gasteiger partial charge is 0.316 e. The molecule has 1 unspecified atom stereocenters. The van der Waals surface area contributed by atoms with E-state index in [2.05, 4.69) is 15.4 Å². The molecule has 1 aromatic heterocycles. The minimum Gasteiger partial charge on any atom is -0.316 e. The summed E-state index contributed by atoms with van der Waals surface area (Å²) in [5, 5.41) is 7.73. The molecule has 0 amide bonds. The van der Waals surface area contributed by atoms with Gasteiger partial charge >= 0.3 is 0 Å². The number of hydrogen-bond acceptors (Lipinski definition) is 3. The minimum atomic E-state index is 0.350. The SMILES string of the molecule is Cn1nc(Cl)nc1C1CCCNC1. The third kappa shape index (κ3) is 1.84. The molecule has 72 valence electrons. The Morgan fingerprint density at radius 2 is 2.46 bits per heavy atom. The first-order valence-electron chi connectivity index (χ1n) is 4.54. The van der Waals surface area contributed by atoms with Gasteiger partial charge in [-0.3, -0.25) is 4.68 Å². The van der Waals surface area contributed by atoms with Gasteiger partial charge in [-0.1, -0.05) is 0 Å². The Kier molecular flexibility index (Phi) is 2.51. The highest BCUT2D eigenvalue weighted by molar-refractivity contribution is 6.28. The lowest BCUT2D eigenvalue weighted by Crippen LogP contribution is -2.29. The summed E-state index contributed by atoms with van der Waals surface area (Å²) < 4.78 is 1.78. The summed E-state index contributed by atoms with van der Waals surface area (Å²) in [4.78, 5) is 4.21. The molecule has 2 heterocycles. The molecule has 4 nitrogen and oxygen atoms in total. The van der Waals surface area contributed by atoms with Crippen molar-refractivity contribution < 1.29 is 0 Å². The molecule has 1 atom stereocenters. The van der Waals surface area contributed by atoms with E-state index in [-0.39, 0.29) is 0 Å². The molecule has 0 radical (unpaired) electrons. The fourth-order valence-corrected chi connectivity index (χ4v) is 1.99. The van der Waals surface area contributed by atoms with Crippen LogP contribution in [-0.4, -0.2) is 27.9 Å². The van der Waals surface area contributed by atoms with Crippen LogP contribution in [0.5, 0.6) is 0 Å². The van der Waals surface area contributed by atoms with E-state index in [1.807, 2.05) is 7.05 Å². The van der Waals surface area contributed by atoms with E-state index in [0.29, 0.717) is 11.2 Å². The molecule has 0 aromatic carbocycles. The van der Waals surface area contributed by atoms with Gasteiger partial charge in [0.05, 0.1) is 0 Å². The minimum absolute atomic E-state index is 0.350. The van der Waals surface area contributed by atoms with Crippen LogP contribution in [0.2, 0.25) is 5.28 Å². The molecule has 1 aliphatic heterocycles. The number of rotatable bonds is 1. The van der Waals surface area contributed by atoms with Gasteiger partial charge in [-0.2, -0.15) is 0 Å². The first kappa shape index (κ1) is 8.97. The summed E-state index contributed by atoms with van der Waals surface area (Å²) in [5.74, 6) is 1.47. The van der Waals surface area contributed by atoms with Crippen LogP contribution in [0.4, 0.5) is 0 Å². The van der Waals surface area contributed by atoms with Gasteiger partial charge < -0.3 is 5.32 Å². The van der Waals surface area contributed by atoms with Crippen LogP contribution in [-0.2, 0) is 7.05 Å². The van der Waals surface area contributed by atoms with Gasteiger partial charge in [0.25, 0.3) is 0 Å². The van der Waals surface area contributed by atoms with Gasteiger partial charge in [0.2, 0.25) is 5.28 Å². The van der Waals surface area contributed by atoms with Crippen LogP contribution >= 0.6 is 11.6 Å². The zero-order chi connectivity index (χ0) is 9.26. The van der Waals surface area contributed by atoms with E-state index in [4.69, 9.17) is 11.6 Å². The average molecular weight is 201 g/mol. The quantitative estimate of drug-likeness (QED) is 0.734. The molecule has 0 aliphatic carbocycles. The average Bonchev–Trinajstić information content (AvgIpc) is 2.47. The second-order valence-corrected chi connectivity index (χ2v) is 3.74. The lowest BCUT2D eigenvalue weighted by atomic mass is 9.99. The molecular weight excluding hydrogens is 188 g/mol. The lowest BCUT2D eigenvalue weighted by molar-refractivity contribution is 0.434. The van der Waals surface area contributed by atoms with Crippen molar-refractivity contribution in [1.29, 1.82) is 0 Å². The Labute approximate surface area is 82.3 Å². The van der Waals surface area contributed by atoms with E-state index in [1.54, 1.807) is 4.68 Å². The zero-order valence-electron chi connectivity index (χ0n) is 7.63. The molecule has 13 heavy (non-hydrogen) atoms. The van der Waals surface area contributed by atoms with Crippen molar-refractivity contribution in [3.8, 4) is 0 Å². The molecule has 1 N–H and O–H groups in total. The standard InChI is InChI=1S/C8H13ClN4/c1-13-7(11-8(9)12-13)6-3-2-4-10-5-6/h6,10H,2-5H2,1H3. The summed E-state index contributed by atoms with van der Waals surface area (Å²) in [6, 6.07) is 0. The monoisotopic (exact) mass is 200 g/mol. The molecular formula is C8H13ClN4. The molecule has 0 bridgehead atoms. The Morgan fingerprint density at radius 1 is 1.62 bits per heavy atom. The number of hydrogen-bond donors (Lipinski definition) is 1. The van der Waals surface area contributed by atoms with E-state index in [9.17, 15) is 0 Å². The van der Waals surface area contributed by atoms with E-state index < -0.39 is 0 Å². The van der Waals surface area contributed by atoms with Gasteiger partial charge in [0.15, 0.2) is 0 Å². The van der Waals surface area contributed by atoms with Gasteiger partial charge in [-0.05, 0) is 31.0 Å². The molecule has 0 spiro atoms. The van der Waals surface area contributed by atoms with Crippen LogP contribution in [0.3, 0.4) is 0 Å². The highest BCUT2D eigenvalue weighted by Gasteiger charge is 2.20. The van der Waals surface area contributed by atoms with Crippen molar-refractivity contribution in [3.63, 3.8) is 0 Å². The third-order valence-corrected chi connectivity index (χ3v) is 2.59. The number of aromatic nitrogens is 3. The van der Waals surface area contributed by atoms with Gasteiger partial charge in [-0.15, -0.1) is 5.10 Å². The highest BCUT2D eigenvalue weighted by Crippen LogP contribution is 2.21.